The van der Waals surface area contributed by atoms with E-state index < -0.39 is 0 Å². The van der Waals surface area contributed by atoms with Crippen molar-refractivity contribution in [2.24, 2.45) is 7.05 Å². The van der Waals surface area contributed by atoms with Gasteiger partial charge in [0.25, 0.3) is 0 Å². The van der Waals surface area contributed by atoms with E-state index in [0.717, 1.165) is 41.1 Å². The number of fused-ring (bicyclic) bond motifs is 1. The van der Waals surface area contributed by atoms with Gasteiger partial charge in [-0.3, -0.25) is 4.79 Å². The second kappa shape index (κ2) is 7.39. The molecule has 0 unspecified atom stereocenters. The van der Waals surface area contributed by atoms with Crippen LogP contribution in [0.5, 0.6) is 0 Å². The summed E-state index contributed by atoms with van der Waals surface area (Å²) in [6, 6.07) is 10.2. The Morgan fingerprint density at radius 3 is 2.78 bits per heavy atom. The first-order chi connectivity index (χ1) is 13.1. The van der Waals surface area contributed by atoms with E-state index in [-0.39, 0.29) is 5.91 Å². The lowest BCUT2D eigenvalue weighted by Crippen LogP contribution is -2.26. The summed E-state index contributed by atoms with van der Waals surface area (Å²) in [5, 5.41) is 4.10. The Morgan fingerprint density at radius 1 is 1.19 bits per heavy atom. The van der Waals surface area contributed by atoms with Crippen molar-refractivity contribution in [3.8, 4) is 0 Å². The van der Waals surface area contributed by atoms with Crippen molar-refractivity contribution < 1.29 is 4.79 Å². The molecule has 1 N–H and O–H groups in total. The number of benzene rings is 1. The standard InChI is InChI=1S/C21H25N5O/c1-15-11-20(26-9-5-6-10-26)24-19(23-15)13-22-21(27)12-16-14-25(2)18-8-4-3-7-17(16)18/h3-4,7-8,11,14H,5-6,9-10,12-13H2,1-2H3,(H,22,27). The number of hydrogen-bond donors (Lipinski definition) is 1. The van der Waals surface area contributed by atoms with Gasteiger partial charge in [0.2, 0.25) is 5.91 Å². The quantitative estimate of drug-likeness (QED) is 0.757. The normalized spacial score (nSPS) is 14.1. The lowest BCUT2D eigenvalue weighted by atomic mass is 10.1. The first-order valence-electron chi connectivity index (χ1n) is 9.49. The van der Waals surface area contributed by atoms with Crippen LogP contribution in [0.1, 0.15) is 29.9 Å². The van der Waals surface area contributed by atoms with E-state index >= 15 is 0 Å². The summed E-state index contributed by atoms with van der Waals surface area (Å²) in [6.45, 7) is 4.42. The number of para-hydroxylation sites is 1. The van der Waals surface area contributed by atoms with Crippen molar-refractivity contribution in [1.82, 2.24) is 19.9 Å². The molecule has 2 aromatic heterocycles. The molecule has 27 heavy (non-hydrogen) atoms. The van der Waals surface area contributed by atoms with Gasteiger partial charge in [-0.15, -0.1) is 0 Å². The van der Waals surface area contributed by atoms with E-state index in [4.69, 9.17) is 0 Å². The number of rotatable bonds is 5. The van der Waals surface area contributed by atoms with Gasteiger partial charge in [-0.2, -0.15) is 0 Å². The van der Waals surface area contributed by atoms with Crippen LogP contribution in [0, 0.1) is 6.92 Å². The first-order valence-corrected chi connectivity index (χ1v) is 9.49. The monoisotopic (exact) mass is 363 g/mol. The van der Waals surface area contributed by atoms with E-state index in [1.54, 1.807) is 0 Å². The summed E-state index contributed by atoms with van der Waals surface area (Å²) in [4.78, 5) is 23.9. The topological polar surface area (TPSA) is 63.1 Å². The molecule has 1 fully saturated rings. The predicted octanol–water partition coefficient (Wildman–Crippen LogP) is 2.74. The lowest BCUT2D eigenvalue weighted by Gasteiger charge is -2.17. The second-order valence-corrected chi connectivity index (χ2v) is 7.21. The molecule has 0 radical (unpaired) electrons. The number of aryl methyl sites for hydroxylation is 2. The molecule has 1 aliphatic rings. The number of carbonyl (C=O) groups is 1. The molecule has 4 rings (SSSR count). The van der Waals surface area contributed by atoms with Crippen LogP contribution >= 0.6 is 0 Å². The van der Waals surface area contributed by atoms with Crippen molar-refractivity contribution in [3.63, 3.8) is 0 Å². The highest BCUT2D eigenvalue weighted by molar-refractivity contribution is 5.89. The minimum absolute atomic E-state index is 0.0146. The summed E-state index contributed by atoms with van der Waals surface area (Å²) in [6.07, 6.45) is 4.80. The number of anilines is 1. The number of nitrogens with zero attached hydrogens (tertiary/aromatic N) is 4. The van der Waals surface area contributed by atoms with Gasteiger partial charge in [0.15, 0.2) is 0 Å². The number of carbonyl (C=O) groups excluding carboxylic acids is 1. The molecule has 1 amide bonds. The fourth-order valence-electron chi connectivity index (χ4n) is 3.78. The molecule has 140 valence electrons. The van der Waals surface area contributed by atoms with E-state index in [9.17, 15) is 4.79 Å². The minimum atomic E-state index is -0.0146. The van der Waals surface area contributed by atoms with Crippen LogP contribution in [0.4, 0.5) is 5.82 Å². The Bertz CT molecular complexity index is 972. The Morgan fingerprint density at radius 2 is 1.96 bits per heavy atom. The molecule has 0 aliphatic carbocycles. The third-order valence-electron chi connectivity index (χ3n) is 5.09. The van der Waals surface area contributed by atoms with Crippen molar-refractivity contribution in [2.45, 2.75) is 32.7 Å². The molecule has 6 heteroatoms. The second-order valence-electron chi connectivity index (χ2n) is 7.21. The van der Waals surface area contributed by atoms with Gasteiger partial charge >= 0.3 is 0 Å². The summed E-state index contributed by atoms with van der Waals surface area (Å²) in [7, 11) is 2.00. The van der Waals surface area contributed by atoms with Crippen LogP contribution in [0.2, 0.25) is 0 Å². The third-order valence-corrected chi connectivity index (χ3v) is 5.09. The minimum Gasteiger partial charge on any atom is -0.357 e. The molecule has 0 atom stereocenters. The Balaban J connectivity index is 1.43. The number of amides is 1. The summed E-state index contributed by atoms with van der Waals surface area (Å²) >= 11 is 0. The number of hydrogen-bond acceptors (Lipinski definition) is 4. The molecule has 3 heterocycles. The zero-order chi connectivity index (χ0) is 18.8. The van der Waals surface area contributed by atoms with Gasteiger partial charge in [-0.05, 0) is 31.4 Å². The van der Waals surface area contributed by atoms with Gasteiger partial charge in [-0.1, -0.05) is 18.2 Å². The van der Waals surface area contributed by atoms with Crippen molar-refractivity contribution in [1.29, 1.82) is 0 Å². The fraction of sp³-hybridized carbons (Fsp3) is 0.381. The van der Waals surface area contributed by atoms with Crippen LogP contribution in [0.15, 0.2) is 36.5 Å². The Hall–Kier alpha value is -2.89. The predicted molar refractivity (Wildman–Crippen MR) is 107 cm³/mol. The van der Waals surface area contributed by atoms with Crippen LogP contribution in [-0.2, 0) is 24.8 Å². The first kappa shape index (κ1) is 17.5. The van der Waals surface area contributed by atoms with Gasteiger partial charge in [0.05, 0.1) is 13.0 Å². The van der Waals surface area contributed by atoms with E-state index in [0.29, 0.717) is 18.8 Å². The third kappa shape index (κ3) is 3.79. The molecule has 1 aromatic carbocycles. The largest absolute Gasteiger partial charge is 0.357 e. The van der Waals surface area contributed by atoms with Gasteiger partial charge < -0.3 is 14.8 Å². The maximum absolute atomic E-state index is 12.5. The fourth-order valence-corrected chi connectivity index (χ4v) is 3.78. The molecule has 0 spiro atoms. The van der Waals surface area contributed by atoms with E-state index in [1.807, 2.05) is 38.4 Å². The highest BCUT2D eigenvalue weighted by Gasteiger charge is 2.16. The van der Waals surface area contributed by atoms with Gasteiger partial charge in [0.1, 0.15) is 11.6 Å². The molecule has 1 saturated heterocycles. The van der Waals surface area contributed by atoms with Crippen LogP contribution < -0.4 is 10.2 Å². The number of aromatic nitrogens is 3. The lowest BCUT2D eigenvalue weighted by molar-refractivity contribution is -0.120. The van der Waals surface area contributed by atoms with Gasteiger partial charge in [-0.25, -0.2) is 9.97 Å². The smallest absolute Gasteiger partial charge is 0.224 e. The Kier molecular flexibility index (Phi) is 4.79. The van der Waals surface area contributed by atoms with Crippen LogP contribution in [0.3, 0.4) is 0 Å². The zero-order valence-electron chi connectivity index (χ0n) is 15.9. The molecule has 1 aliphatic heterocycles. The van der Waals surface area contributed by atoms with Crippen molar-refractivity contribution in [2.75, 3.05) is 18.0 Å². The summed E-state index contributed by atoms with van der Waals surface area (Å²) in [5.74, 6) is 1.63. The average molecular weight is 363 g/mol. The summed E-state index contributed by atoms with van der Waals surface area (Å²) < 4.78 is 2.06. The van der Waals surface area contributed by atoms with Crippen LogP contribution in [0.25, 0.3) is 10.9 Å². The summed E-state index contributed by atoms with van der Waals surface area (Å²) in [5.41, 5.74) is 3.11. The van der Waals surface area contributed by atoms with Crippen molar-refractivity contribution in [3.05, 3.63) is 53.6 Å². The van der Waals surface area contributed by atoms with Crippen LogP contribution in [-0.4, -0.2) is 33.5 Å². The molecule has 0 bridgehead atoms. The Labute approximate surface area is 159 Å². The molecular formula is C21H25N5O. The van der Waals surface area contributed by atoms with E-state index in [1.165, 1.54) is 12.8 Å². The van der Waals surface area contributed by atoms with Gasteiger partial charge in [0, 0.05) is 49.0 Å². The highest BCUT2D eigenvalue weighted by atomic mass is 16.1. The SMILES string of the molecule is Cc1cc(N2CCCC2)nc(CNC(=O)Cc2cn(C)c3ccccc23)n1. The highest BCUT2D eigenvalue weighted by Crippen LogP contribution is 2.21. The average Bonchev–Trinajstić information content (AvgIpc) is 3.29. The zero-order valence-corrected chi connectivity index (χ0v) is 15.9. The maximum atomic E-state index is 12.5. The molecule has 3 aromatic rings. The molecule has 0 saturated carbocycles. The molecular weight excluding hydrogens is 338 g/mol. The van der Waals surface area contributed by atoms with Crippen molar-refractivity contribution >= 4 is 22.6 Å². The molecule has 6 nitrogen and oxygen atoms in total. The number of nitrogens with one attached hydrogen (secondary N) is 1. The van der Waals surface area contributed by atoms with E-state index in [2.05, 4.69) is 36.9 Å². The maximum Gasteiger partial charge on any atom is 0.224 e.